The van der Waals surface area contributed by atoms with E-state index in [-0.39, 0.29) is 5.69 Å². The van der Waals surface area contributed by atoms with Gasteiger partial charge in [0.15, 0.2) is 6.29 Å². The zero-order chi connectivity index (χ0) is 14.5. The van der Waals surface area contributed by atoms with Gasteiger partial charge in [-0.25, -0.2) is 0 Å². The lowest BCUT2D eigenvalue weighted by Crippen LogP contribution is -1.92. The number of hydrogen-bond donors (Lipinski definition) is 0. The predicted octanol–water partition coefficient (Wildman–Crippen LogP) is 3.57. The zero-order valence-electron chi connectivity index (χ0n) is 10.6. The van der Waals surface area contributed by atoms with E-state index in [4.69, 9.17) is 4.74 Å². The molecule has 2 rings (SSSR count). The van der Waals surface area contributed by atoms with Crippen molar-refractivity contribution in [2.24, 2.45) is 0 Å². The van der Waals surface area contributed by atoms with Crippen LogP contribution in [0.1, 0.15) is 10.4 Å². The molecule has 0 aliphatic rings. The van der Waals surface area contributed by atoms with E-state index in [1.54, 1.807) is 13.2 Å². The van der Waals surface area contributed by atoms with Gasteiger partial charge < -0.3 is 4.74 Å². The van der Waals surface area contributed by atoms with Gasteiger partial charge in [0.05, 0.1) is 12.0 Å². The van der Waals surface area contributed by atoms with E-state index in [1.165, 1.54) is 23.9 Å². The number of nitro benzene ring substituents is 1. The lowest BCUT2D eigenvalue weighted by Gasteiger charge is -2.06. The Kier molecular flexibility index (Phi) is 4.37. The molecule has 0 amide bonds. The second kappa shape index (κ2) is 6.21. The van der Waals surface area contributed by atoms with Crippen molar-refractivity contribution in [3.8, 4) is 5.75 Å². The minimum atomic E-state index is -0.521. The predicted molar refractivity (Wildman–Crippen MR) is 75.6 cm³/mol. The molecular formula is C14H11NO4S. The number of carbonyl (C=O) groups is 1. The van der Waals surface area contributed by atoms with Gasteiger partial charge in [0.25, 0.3) is 5.69 Å². The normalized spacial score (nSPS) is 10.1. The third kappa shape index (κ3) is 3.16. The topological polar surface area (TPSA) is 69.4 Å². The van der Waals surface area contributed by atoms with E-state index >= 15 is 0 Å². The first-order chi connectivity index (χ1) is 9.63. The van der Waals surface area contributed by atoms with E-state index in [0.29, 0.717) is 22.5 Å². The molecule has 0 spiro atoms. The van der Waals surface area contributed by atoms with Crippen LogP contribution in [0.5, 0.6) is 5.75 Å². The van der Waals surface area contributed by atoms with Crippen LogP contribution >= 0.6 is 11.8 Å². The fourth-order valence-corrected chi connectivity index (χ4v) is 2.56. The van der Waals surface area contributed by atoms with Gasteiger partial charge in [0.1, 0.15) is 5.75 Å². The van der Waals surface area contributed by atoms with Crippen LogP contribution in [0.15, 0.2) is 52.3 Å². The summed E-state index contributed by atoms with van der Waals surface area (Å²) in [7, 11) is 1.58. The van der Waals surface area contributed by atoms with Crippen molar-refractivity contribution in [1.29, 1.82) is 0 Å². The van der Waals surface area contributed by atoms with Crippen LogP contribution in [-0.2, 0) is 0 Å². The number of methoxy groups -OCH3 is 1. The average molecular weight is 289 g/mol. The van der Waals surface area contributed by atoms with Crippen LogP contribution in [0.25, 0.3) is 0 Å². The summed E-state index contributed by atoms with van der Waals surface area (Å²) in [5.41, 5.74) is 0.203. The molecule has 0 saturated heterocycles. The number of non-ortho nitro benzene ring substituents is 1. The number of benzene rings is 2. The smallest absolute Gasteiger partial charge is 0.270 e. The van der Waals surface area contributed by atoms with Crippen LogP contribution in [0.4, 0.5) is 5.69 Å². The van der Waals surface area contributed by atoms with Crippen LogP contribution in [0, 0.1) is 10.1 Å². The van der Waals surface area contributed by atoms with Gasteiger partial charge in [-0.05, 0) is 24.3 Å². The minimum absolute atomic E-state index is 0.0953. The van der Waals surface area contributed by atoms with E-state index in [2.05, 4.69) is 0 Å². The molecule has 0 aromatic heterocycles. The quantitative estimate of drug-likeness (QED) is 0.478. The average Bonchev–Trinajstić information content (AvgIpc) is 2.47. The van der Waals surface area contributed by atoms with Crippen molar-refractivity contribution in [2.45, 2.75) is 9.79 Å². The maximum absolute atomic E-state index is 11.1. The van der Waals surface area contributed by atoms with Gasteiger partial charge in [-0.15, -0.1) is 0 Å². The summed E-state index contributed by atoms with van der Waals surface area (Å²) in [4.78, 5) is 22.8. The maximum Gasteiger partial charge on any atom is 0.270 e. The Bertz CT molecular complexity index is 657. The fraction of sp³-hybridized carbons (Fsp3) is 0.0714. The number of rotatable bonds is 5. The van der Waals surface area contributed by atoms with Crippen molar-refractivity contribution in [3.63, 3.8) is 0 Å². The highest BCUT2D eigenvalue weighted by atomic mass is 32.2. The molecule has 0 radical (unpaired) electrons. The number of ether oxygens (including phenoxy) is 1. The maximum atomic E-state index is 11.1. The van der Waals surface area contributed by atoms with Crippen LogP contribution in [0.2, 0.25) is 0 Å². The highest BCUT2D eigenvalue weighted by Crippen LogP contribution is 2.33. The molecule has 0 heterocycles. The van der Waals surface area contributed by atoms with Crippen molar-refractivity contribution < 1.29 is 14.5 Å². The summed E-state index contributed by atoms with van der Waals surface area (Å²) < 4.78 is 5.13. The largest absolute Gasteiger partial charge is 0.497 e. The van der Waals surface area contributed by atoms with E-state index in [9.17, 15) is 14.9 Å². The Hall–Kier alpha value is -2.34. The summed E-state index contributed by atoms with van der Waals surface area (Å²) >= 11 is 1.35. The van der Waals surface area contributed by atoms with E-state index < -0.39 is 4.92 Å². The summed E-state index contributed by atoms with van der Waals surface area (Å²) in [6, 6.07) is 11.6. The number of aldehydes is 1. The molecule has 0 unspecified atom stereocenters. The molecule has 0 aliphatic carbocycles. The minimum Gasteiger partial charge on any atom is -0.497 e. The molecule has 5 nitrogen and oxygen atoms in total. The molecule has 0 bridgehead atoms. The SMILES string of the molecule is COc1cccc(Sc2ccc([N+](=O)[O-])cc2C=O)c1. The standard InChI is InChI=1S/C14H11NO4S/c1-19-12-3-2-4-13(8-12)20-14-6-5-11(15(17)18)7-10(14)9-16/h2-9H,1H3. The van der Waals surface area contributed by atoms with Crippen molar-refractivity contribution in [1.82, 2.24) is 0 Å². The molecule has 0 fully saturated rings. The zero-order valence-corrected chi connectivity index (χ0v) is 11.4. The molecule has 6 heteroatoms. The highest BCUT2D eigenvalue weighted by Gasteiger charge is 2.11. The molecule has 20 heavy (non-hydrogen) atoms. The molecule has 0 aliphatic heterocycles. The van der Waals surface area contributed by atoms with Gasteiger partial charge in [0, 0.05) is 27.5 Å². The van der Waals surface area contributed by atoms with Crippen molar-refractivity contribution in [2.75, 3.05) is 7.11 Å². The summed E-state index contributed by atoms with van der Waals surface area (Å²) in [5, 5.41) is 10.7. The second-order valence-corrected chi connectivity index (χ2v) is 4.99. The van der Waals surface area contributed by atoms with Gasteiger partial charge in [-0.3, -0.25) is 14.9 Å². The number of nitrogens with zero attached hydrogens (tertiary/aromatic N) is 1. The van der Waals surface area contributed by atoms with Gasteiger partial charge in [0.2, 0.25) is 0 Å². The van der Waals surface area contributed by atoms with Crippen molar-refractivity contribution >= 4 is 23.7 Å². The van der Waals surface area contributed by atoms with Gasteiger partial charge in [-0.1, -0.05) is 17.8 Å². The van der Waals surface area contributed by atoms with Crippen molar-refractivity contribution in [3.05, 3.63) is 58.1 Å². The highest BCUT2D eigenvalue weighted by molar-refractivity contribution is 7.99. The lowest BCUT2D eigenvalue weighted by molar-refractivity contribution is -0.384. The molecule has 2 aromatic rings. The van der Waals surface area contributed by atoms with Crippen LogP contribution in [-0.4, -0.2) is 18.3 Å². The Morgan fingerprint density at radius 2 is 2.05 bits per heavy atom. The van der Waals surface area contributed by atoms with Crippen LogP contribution < -0.4 is 4.74 Å². The second-order valence-electron chi connectivity index (χ2n) is 3.88. The molecule has 0 N–H and O–H groups in total. The molecule has 102 valence electrons. The first-order valence-electron chi connectivity index (χ1n) is 5.69. The Labute approximate surface area is 119 Å². The molecule has 2 aromatic carbocycles. The Morgan fingerprint density at radius 1 is 1.25 bits per heavy atom. The Morgan fingerprint density at radius 3 is 2.70 bits per heavy atom. The Balaban J connectivity index is 2.32. The molecule has 0 atom stereocenters. The summed E-state index contributed by atoms with van der Waals surface area (Å²) in [5.74, 6) is 0.713. The first kappa shape index (κ1) is 14.1. The number of hydrogen-bond acceptors (Lipinski definition) is 5. The van der Waals surface area contributed by atoms with Gasteiger partial charge >= 0.3 is 0 Å². The first-order valence-corrected chi connectivity index (χ1v) is 6.51. The van der Waals surface area contributed by atoms with Crippen LogP contribution in [0.3, 0.4) is 0 Å². The molecular weight excluding hydrogens is 278 g/mol. The fourth-order valence-electron chi connectivity index (χ4n) is 1.63. The molecule has 0 saturated carbocycles. The summed E-state index contributed by atoms with van der Waals surface area (Å²) in [6.07, 6.45) is 0.621. The van der Waals surface area contributed by atoms with Gasteiger partial charge in [-0.2, -0.15) is 0 Å². The van der Waals surface area contributed by atoms with E-state index in [0.717, 1.165) is 4.90 Å². The lowest BCUT2D eigenvalue weighted by atomic mass is 10.2. The monoisotopic (exact) mass is 289 g/mol. The number of carbonyl (C=O) groups excluding carboxylic acids is 1. The third-order valence-electron chi connectivity index (χ3n) is 2.60. The third-order valence-corrected chi connectivity index (χ3v) is 3.68. The number of nitro groups is 1. The van der Waals surface area contributed by atoms with E-state index in [1.807, 2.05) is 24.3 Å². The summed E-state index contributed by atoms with van der Waals surface area (Å²) in [6.45, 7) is 0.